The summed E-state index contributed by atoms with van der Waals surface area (Å²) in [4.78, 5) is 11.9. The monoisotopic (exact) mass is 389 g/mol. The number of fused-ring (bicyclic) bond motifs is 1. The average molecular weight is 390 g/mol. The molecule has 2 aromatic heterocycles. The summed E-state index contributed by atoms with van der Waals surface area (Å²) in [5.74, 6) is -1.35. The second-order valence-electron chi connectivity index (χ2n) is 5.11. The fourth-order valence-corrected chi connectivity index (χ4v) is 3.05. The number of amides is 1. The molecule has 1 aromatic carbocycles. The van der Waals surface area contributed by atoms with Gasteiger partial charge < -0.3 is 5.32 Å². The number of alkyl halides is 3. The number of hydrogen-bond donors (Lipinski definition) is 1. The molecule has 0 unspecified atom stereocenters. The lowest BCUT2D eigenvalue weighted by Crippen LogP contribution is -2.27. The fraction of sp³-hybridized carbons (Fsp3) is 0.286. The van der Waals surface area contributed by atoms with Crippen molar-refractivity contribution in [2.75, 3.05) is 6.54 Å². The maximum absolute atomic E-state index is 12.7. The Hall–Kier alpha value is -2.20. The quantitative estimate of drug-likeness (QED) is 0.728. The summed E-state index contributed by atoms with van der Waals surface area (Å²) in [6.45, 7) is 0.262. The fourth-order valence-electron chi connectivity index (χ4n) is 2.09. The summed E-state index contributed by atoms with van der Waals surface area (Å²) in [7, 11) is 0. The molecule has 3 aromatic rings. The van der Waals surface area contributed by atoms with Crippen molar-refractivity contribution in [3.8, 4) is 0 Å². The largest absolute Gasteiger partial charge is 0.453 e. The molecule has 0 radical (unpaired) electrons. The Morgan fingerprint density at radius 1 is 1.24 bits per heavy atom. The van der Waals surface area contributed by atoms with Crippen LogP contribution >= 0.6 is 22.9 Å². The van der Waals surface area contributed by atoms with Gasteiger partial charge in [-0.05, 0) is 17.7 Å². The Morgan fingerprint density at radius 2 is 1.96 bits per heavy atom. The minimum Gasteiger partial charge on any atom is -0.355 e. The standard InChI is InChI=1S/C14H11ClF3N5OS/c15-9-3-1-8(2-4-9)7-10(24)19-6-5-11-22-23-12(14(16,17)18)20-21-13(23)25-11/h1-4H,5-7H2,(H,19,24). The molecule has 1 amide bonds. The van der Waals surface area contributed by atoms with Gasteiger partial charge in [0.25, 0.3) is 5.82 Å². The van der Waals surface area contributed by atoms with E-state index in [0.29, 0.717) is 21.0 Å². The van der Waals surface area contributed by atoms with E-state index >= 15 is 0 Å². The summed E-state index contributed by atoms with van der Waals surface area (Å²) in [6.07, 6.45) is -4.12. The van der Waals surface area contributed by atoms with Crippen molar-refractivity contribution < 1.29 is 18.0 Å². The molecule has 0 spiro atoms. The molecule has 2 heterocycles. The van der Waals surface area contributed by atoms with Crippen LogP contribution in [0, 0.1) is 0 Å². The number of benzene rings is 1. The van der Waals surface area contributed by atoms with E-state index in [1.165, 1.54) is 0 Å². The SMILES string of the molecule is O=C(Cc1ccc(Cl)cc1)NCCc1nn2c(C(F)(F)F)nnc2s1. The van der Waals surface area contributed by atoms with Crippen LogP contribution in [0.15, 0.2) is 24.3 Å². The third-order valence-electron chi connectivity index (χ3n) is 3.23. The zero-order chi connectivity index (χ0) is 18.0. The highest BCUT2D eigenvalue weighted by atomic mass is 35.5. The predicted octanol–water partition coefficient (Wildman–Crippen LogP) is 2.76. The molecule has 0 bridgehead atoms. The first-order valence-electron chi connectivity index (χ1n) is 7.12. The van der Waals surface area contributed by atoms with Gasteiger partial charge >= 0.3 is 6.18 Å². The van der Waals surface area contributed by atoms with E-state index in [2.05, 4.69) is 20.6 Å². The molecular formula is C14H11ClF3N5OS. The first kappa shape index (κ1) is 17.6. The number of halogens is 4. The lowest BCUT2D eigenvalue weighted by atomic mass is 10.1. The molecule has 0 saturated heterocycles. The topological polar surface area (TPSA) is 72.2 Å². The lowest BCUT2D eigenvalue weighted by Gasteiger charge is -2.04. The Labute approximate surface area is 148 Å². The number of carbonyl (C=O) groups excluding carboxylic acids is 1. The zero-order valence-electron chi connectivity index (χ0n) is 12.5. The summed E-state index contributed by atoms with van der Waals surface area (Å²) in [6, 6.07) is 6.90. The van der Waals surface area contributed by atoms with Gasteiger partial charge in [0.2, 0.25) is 10.9 Å². The summed E-state index contributed by atoms with van der Waals surface area (Å²) >= 11 is 6.78. The molecular weight excluding hydrogens is 379 g/mol. The lowest BCUT2D eigenvalue weighted by molar-refractivity contribution is -0.146. The van der Waals surface area contributed by atoms with Gasteiger partial charge in [0, 0.05) is 18.0 Å². The van der Waals surface area contributed by atoms with Crippen LogP contribution in [0.1, 0.15) is 16.4 Å². The van der Waals surface area contributed by atoms with E-state index in [1.54, 1.807) is 24.3 Å². The maximum Gasteiger partial charge on any atom is 0.453 e. The highest BCUT2D eigenvalue weighted by Crippen LogP contribution is 2.28. The number of rotatable bonds is 5. The van der Waals surface area contributed by atoms with Crippen LogP contribution in [0.2, 0.25) is 5.02 Å². The first-order chi connectivity index (χ1) is 11.8. The Morgan fingerprint density at radius 3 is 2.64 bits per heavy atom. The van der Waals surface area contributed by atoms with E-state index in [1.807, 2.05) is 0 Å². The highest BCUT2D eigenvalue weighted by Gasteiger charge is 2.38. The Kier molecular flexibility index (Phi) is 4.91. The minimum atomic E-state index is -4.61. The normalized spacial score (nSPS) is 11.8. The van der Waals surface area contributed by atoms with Crippen molar-refractivity contribution in [1.82, 2.24) is 25.1 Å². The molecule has 0 aliphatic heterocycles. The van der Waals surface area contributed by atoms with Crippen LogP contribution in [0.5, 0.6) is 0 Å². The van der Waals surface area contributed by atoms with Gasteiger partial charge in [-0.2, -0.15) is 22.8 Å². The van der Waals surface area contributed by atoms with Crippen molar-refractivity contribution in [2.45, 2.75) is 19.0 Å². The minimum absolute atomic E-state index is 0.0646. The molecule has 11 heteroatoms. The van der Waals surface area contributed by atoms with Crippen molar-refractivity contribution in [2.24, 2.45) is 0 Å². The Balaban J connectivity index is 1.55. The molecule has 0 aliphatic rings. The average Bonchev–Trinajstić information content (AvgIpc) is 3.08. The second kappa shape index (κ2) is 6.96. The van der Waals surface area contributed by atoms with Crippen LogP contribution in [0.3, 0.4) is 0 Å². The molecule has 25 heavy (non-hydrogen) atoms. The third-order valence-corrected chi connectivity index (χ3v) is 4.44. The predicted molar refractivity (Wildman–Crippen MR) is 85.5 cm³/mol. The van der Waals surface area contributed by atoms with E-state index < -0.39 is 12.0 Å². The zero-order valence-corrected chi connectivity index (χ0v) is 14.1. The molecule has 0 saturated carbocycles. The third kappa shape index (κ3) is 4.26. The van der Waals surface area contributed by atoms with Crippen LogP contribution in [-0.2, 0) is 23.8 Å². The first-order valence-corrected chi connectivity index (χ1v) is 8.32. The molecule has 6 nitrogen and oxygen atoms in total. The summed E-state index contributed by atoms with van der Waals surface area (Å²) in [5.41, 5.74) is 0.815. The van der Waals surface area contributed by atoms with Crippen molar-refractivity contribution in [3.63, 3.8) is 0 Å². The molecule has 3 rings (SSSR count). The van der Waals surface area contributed by atoms with E-state index in [-0.39, 0.29) is 23.8 Å². The van der Waals surface area contributed by atoms with Gasteiger partial charge in [-0.25, -0.2) is 0 Å². The molecule has 0 fully saturated rings. The van der Waals surface area contributed by atoms with Crippen LogP contribution in [0.4, 0.5) is 13.2 Å². The van der Waals surface area contributed by atoms with Gasteiger partial charge in [-0.15, -0.1) is 10.2 Å². The number of aromatic nitrogens is 4. The van der Waals surface area contributed by atoms with Gasteiger partial charge in [0.05, 0.1) is 6.42 Å². The summed E-state index contributed by atoms with van der Waals surface area (Å²) < 4.78 is 38.9. The molecule has 0 aliphatic carbocycles. The number of hydrogen-bond acceptors (Lipinski definition) is 5. The van der Waals surface area contributed by atoms with Gasteiger partial charge in [-0.3, -0.25) is 4.79 Å². The second-order valence-corrected chi connectivity index (χ2v) is 6.59. The number of carbonyl (C=O) groups is 1. The molecule has 132 valence electrons. The smallest absolute Gasteiger partial charge is 0.355 e. The highest BCUT2D eigenvalue weighted by molar-refractivity contribution is 7.16. The van der Waals surface area contributed by atoms with Gasteiger partial charge in [-0.1, -0.05) is 35.1 Å². The number of nitrogens with zero attached hydrogens (tertiary/aromatic N) is 4. The van der Waals surface area contributed by atoms with Crippen molar-refractivity contribution in [1.29, 1.82) is 0 Å². The summed E-state index contributed by atoms with van der Waals surface area (Å²) in [5, 5.41) is 14.1. The van der Waals surface area contributed by atoms with Gasteiger partial charge in [0.15, 0.2) is 0 Å². The molecule has 1 N–H and O–H groups in total. The van der Waals surface area contributed by atoms with Crippen molar-refractivity contribution in [3.05, 3.63) is 45.7 Å². The van der Waals surface area contributed by atoms with Crippen LogP contribution in [0.25, 0.3) is 4.96 Å². The maximum atomic E-state index is 12.7. The van der Waals surface area contributed by atoms with Gasteiger partial charge in [0.1, 0.15) is 5.01 Å². The van der Waals surface area contributed by atoms with E-state index in [4.69, 9.17) is 11.6 Å². The van der Waals surface area contributed by atoms with Crippen molar-refractivity contribution >= 4 is 33.8 Å². The van der Waals surface area contributed by atoms with Crippen LogP contribution in [-0.4, -0.2) is 32.3 Å². The van der Waals surface area contributed by atoms with E-state index in [9.17, 15) is 18.0 Å². The van der Waals surface area contributed by atoms with E-state index in [0.717, 1.165) is 16.9 Å². The van der Waals surface area contributed by atoms with Crippen LogP contribution < -0.4 is 5.32 Å². The molecule has 0 atom stereocenters. The Bertz CT molecular complexity index is 890. The number of nitrogens with one attached hydrogen (secondary N) is 1.